The van der Waals surface area contributed by atoms with Gasteiger partial charge >= 0.3 is 5.97 Å². The molecule has 5 heteroatoms. The maximum absolute atomic E-state index is 11.3. The lowest BCUT2D eigenvalue weighted by Gasteiger charge is -2.04. The van der Waals surface area contributed by atoms with Gasteiger partial charge in [0, 0.05) is 6.54 Å². The third-order valence-electron chi connectivity index (χ3n) is 2.17. The second-order valence-corrected chi connectivity index (χ2v) is 3.44. The lowest BCUT2D eigenvalue weighted by molar-refractivity contribution is -0.120. The summed E-state index contributed by atoms with van der Waals surface area (Å²) in [6.07, 6.45) is 0.224. The van der Waals surface area contributed by atoms with Crippen molar-refractivity contribution in [3.05, 3.63) is 35.4 Å². The molecule has 0 atom stereocenters. The van der Waals surface area contributed by atoms with Gasteiger partial charge in [-0.15, -0.1) is 0 Å². The van der Waals surface area contributed by atoms with Crippen molar-refractivity contribution in [1.29, 1.82) is 0 Å². The molecule has 2 N–H and O–H groups in total. The summed E-state index contributed by atoms with van der Waals surface area (Å²) in [6.45, 7) is 0.173. The molecular formula is C12H15NO4. The fourth-order valence-electron chi connectivity index (χ4n) is 1.32. The highest BCUT2D eigenvalue weighted by molar-refractivity contribution is 5.89. The van der Waals surface area contributed by atoms with E-state index in [1.165, 1.54) is 7.11 Å². The summed E-state index contributed by atoms with van der Waals surface area (Å²) in [7, 11) is 1.32. The SMILES string of the molecule is COC(=O)c1ccc(CC(=O)NCCO)cc1. The van der Waals surface area contributed by atoms with Crippen molar-refractivity contribution in [2.45, 2.75) is 6.42 Å². The number of ether oxygens (including phenoxy) is 1. The Balaban J connectivity index is 2.56. The lowest BCUT2D eigenvalue weighted by Crippen LogP contribution is -2.27. The van der Waals surface area contributed by atoms with Gasteiger partial charge in [-0.25, -0.2) is 4.79 Å². The molecule has 1 amide bonds. The number of aliphatic hydroxyl groups is 1. The minimum Gasteiger partial charge on any atom is -0.465 e. The molecule has 0 spiro atoms. The van der Waals surface area contributed by atoms with E-state index in [0.29, 0.717) is 5.56 Å². The number of benzene rings is 1. The first-order chi connectivity index (χ1) is 8.17. The van der Waals surface area contributed by atoms with Gasteiger partial charge in [0.2, 0.25) is 5.91 Å². The predicted octanol–water partition coefficient (Wildman–Crippen LogP) is 0.124. The van der Waals surface area contributed by atoms with Gasteiger partial charge in [-0.05, 0) is 17.7 Å². The number of aliphatic hydroxyl groups excluding tert-OH is 1. The van der Waals surface area contributed by atoms with Gasteiger partial charge in [0.25, 0.3) is 0 Å². The number of esters is 1. The molecule has 1 aromatic carbocycles. The molecule has 0 radical (unpaired) electrons. The standard InChI is InChI=1S/C12H15NO4/c1-17-12(16)10-4-2-9(3-5-10)8-11(15)13-6-7-14/h2-5,14H,6-8H2,1H3,(H,13,15). The number of hydrogen-bond acceptors (Lipinski definition) is 4. The third kappa shape index (κ3) is 4.24. The van der Waals surface area contributed by atoms with Crippen LogP contribution in [0.4, 0.5) is 0 Å². The summed E-state index contributed by atoms with van der Waals surface area (Å²) in [5.74, 6) is -0.564. The lowest BCUT2D eigenvalue weighted by atomic mass is 10.1. The molecule has 0 heterocycles. The highest BCUT2D eigenvalue weighted by Gasteiger charge is 2.06. The van der Waals surface area contributed by atoms with Gasteiger partial charge in [-0.2, -0.15) is 0 Å². The summed E-state index contributed by atoms with van der Waals surface area (Å²) < 4.78 is 4.56. The third-order valence-corrected chi connectivity index (χ3v) is 2.17. The Morgan fingerprint density at radius 3 is 2.47 bits per heavy atom. The number of amides is 1. The zero-order valence-electron chi connectivity index (χ0n) is 9.60. The molecule has 0 saturated carbocycles. The normalized spacial score (nSPS) is 9.76. The quantitative estimate of drug-likeness (QED) is 0.713. The van der Waals surface area contributed by atoms with Crippen LogP contribution >= 0.6 is 0 Å². The summed E-state index contributed by atoms with van der Waals surface area (Å²) in [4.78, 5) is 22.5. The number of rotatable bonds is 5. The molecule has 0 aromatic heterocycles. The van der Waals surface area contributed by atoms with E-state index in [2.05, 4.69) is 10.1 Å². The Morgan fingerprint density at radius 1 is 1.29 bits per heavy atom. The van der Waals surface area contributed by atoms with Crippen LogP contribution in [0.25, 0.3) is 0 Å². The number of methoxy groups -OCH3 is 1. The number of carbonyl (C=O) groups is 2. The molecule has 92 valence electrons. The Labute approximate surface area is 99.4 Å². The van der Waals surface area contributed by atoms with Gasteiger partial charge in [0.1, 0.15) is 0 Å². The van der Waals surface area contributed by atoms with Crippen molar-refractivity contribution in [1.82, 2.24) is 5.32 Å². The molecule has 0 unspecified atom stereocenters. The Morgan fingerprint density at radius 2 is 1.94 bits per heavy atom. The molecule has 0 aliphatic carbocycles. The fraction of sp³-hybridized carbons (Fsp3) is 0.333. The second kappa shape index (κ2) is 6.65. The highest BCUT2D eigenvalue weighted by Crippen LogP contribution is 2.06. The monoisotopic (exact) mass is 237 g/mol. The topological polar surface area (TPSA) is 75.6 Å². The Kier molecular flexibility index (Phi) is 5.16. The summed E-state index contributed by atoms with van der Waals surface area (Å²) in [5.41, 5.74) is 1.25. The number of nitrogens with one attached hydrogen (secondary N) is 1. The first-order valence-electron chi connectivity index (χ1n) is 5.22. The van der Waals surface area contributed by atoms with E-state index in [1.54, 1.807) is 24.3 Å². The van der Waals surface area contributed by atoms with Crippen LogP contribution in [0.2, 0.25) is 0 Å². The molecule has 1 rings (SSSR count). The van der Waals surface area contributed by atoms with E-state index < -0.39 is 5.97 Å². The van der Waals surface area contributed by atoms with Crippen LogP contribution in [0.3, 0.4) is 0 Å². The van der Waals surface area contributed by atoms with Gasteiger partial charge in [-0.1, -0.05) is 12.1 Å². The number of carbonyl (C=O) groups excluding carboxylic acids is 2. The largest absolute Gasteiger partial charge is 0.465 e. The van der Waals surface area contributed by atoms with E-state index >= 15 is 0 Å². The van der Waals surface area contributed by atoms with Crippen molar-refractivity contribution in [3.63, 3.8) is 0 Å². The fourth-order valence-corrected chi connectivity index (χ4v) is 1.32. The molecule has 0 fully saturated rings. The summed E-state index contributed by atoms with van der Waals surface area (Å²) in [5, 5.41) is 11.1. The molecule has 0 aliphatic rings. The van der Waals surface area contributed by atoms with Crippen LogP contribution in [0.1, 0.15) is 15.9 Å². The molecule has 0 aliphatic heterocycles. The highest BCUT2D eigenvalue weighted by atomic mass is 16.5. The van der Waals surface area contributed by atoms with E-state index in [9.17, 15) is 9.59 Å². The minimum atomic E-state index is -0.402. The van der Waals surface area contributed by atoms with Crippen LogP contribution < -0.4 is 5.32 Å². The van der Waals surface area contributed by atoms with Crippen molar-refractivity contribution >= 4 is 11.9 Å². The first kappa shape index (κ1) is 13.2. The average molecular weight is 237 g/mol. The molecule has 0 saturated heterocycles. The first-order valence-corrected chi connectivity index (χ1v) is 5.22. The second-order valence-electron chi connectivity index (χ2n) is 3.44. The van der Waals surface area contributed by atoms with E-state index in [0.717, 1.165) is 5.56 Å². The molecule has 5 nitrogen and oxygen atoms in total. The minimum absolute atomic E-state index is 0.0764. The van der Waals surface area contributed by atoms with E-state index in [4.69, 9.17) is 5.11 Å². The summed E-state index contributed by atoms with van der Waals surface area (Å²) >= 11 is 0. The van der Waals surface area contributed by atoms with Crippen LogP contribution in [0, 0.1) is 0 Å². The van der Waals surface area contributed by atoms with E-state index in [-0.39, 0.29) is 25.5 Å². The predicted molar refractivity (Wildman–Crippen MR) is 61.6 cm³/mol. The van der Waals surface area contributed by atoms with Gasteiger partial charge in [0.15, 0.2) is 0 Å². The maximum Gasteiger partial charge on any atom is 0.337 e. The van der Waals surface area contributed by atoms with Crippen molar-refractivity contribution in [2.24, 2.45) is 0 Å². The number of hydrogen-bond donors (Lipinski definition) is 2. The maximum atomic E-state index is 11.3. The average Bonchev–Trinajstić information content (AvgIpc) is 2.36. The van der Waals surface area contributed by atoms with Crippen LogP contribution in [0.5, 0.6) is 0 Å². The van der Waals surface area contributed by atoms with E-state index in [1.807, 2.05) is 0 Å². The van der Waals surface area contributed by atoms with Crippen LogP contribution in [0.15, 0.2) is 24.3 Å². The Bertz CT molecular complexity index is 386. The zero-order chi connectivity index (χ0) is 12.7. The van der Waals surface area contributed by atoms with Crippen molar-refractivity contribution < 1.29 is 19.4 Å². The van der Waals surface area contributed by atoms with Gasteiger partial charge < -0.3 is 15.2 Å². The van der Waals surface area contributed by atoms with Crippen LogP contribution in [-0.4, -0.2) is 37.2 Å². The van der Waals surface area contributed by atoms with Gasteiger partial charge in [-0.3, -0.25) is 4.79 Å². The molecule has 17 heavy (non-hydrogen) atoms. The summed E-state index contributed by atoms with van der Waals surface area (Å²) in [6, 6.07) is 6.62. The molecule has 0 bridgehead atoms. The zero-order valence-corrected chi connectivity index (χ0v) is 9.60. The molecule has 1 aromatic rings. The Hall–Kier alpha value is -1.88. The molecular weight excluding hydrogens is 222 g/mol. The van der Waals surface area contributed by atoms with Crippen molar-refractivity contribution in [2.75, 3.05) is 20.3 Å². The van der Waals surface area contributed by atoms with Crippen molar-refractivity contribution in [3.8, 4) is 0 Å². The smallest absolute Gasteiger partial charge is 0.337 e. The van der Waals surface area contributed by atoms with Gasteiger partial charge in [0.05, 0.1) is 25.7 Å². The van der Waals surface area contributed by atoms with Crippen LogP contribution in [-0.2, 0) is 16.0 Å².